The van der Waals surface area contributed by atoms with Crippen LogP contribution in [-0.2, 0) is 15.6 Å². The van der Waals surface area contributed by atoms with E-state index in [1.54, 1.807) is 18.9 Å². The second kappa shape index (κ2) is 6.10. The first-order valence-corrected chi connectivity index (χ1v) is 5.72. The second-order valence-electron chi connectivity index (χ2n) is 2.98. The predicted octanol–water partition coefficient (Wildman–Crippen LogP) is -0.439. The highest BCUT2D eigenvalue weighted by Gasteiger charge is 2.15. The molecule has 0 aromatic rings. The number of hydrogen-bond donors (Lipinski definition) is 1. The molecular weight excluding hydrogens is 188 g/mol. The molecule has 1 amide bonds. The lowest BCUT2D eigenvalue weighted by molar-refractivity contribution is -0.126. The zero-order chi connectivity index (χ0) is 10.4. The van der Waals surface area contributed by atoms with Crippen molar-refractivity contribution in [1.29, 1.82) is 0 Å². The molecule has 0 saturated heterocycles. The fourth-order valence-corrected chi connectivity index (χ4v) is 1.62. The van der Waals surface area contributed by atoms with E-state index in [-0.39, 0.29) is 16.9 Å². The van der Waals surface area contributed by atoms with E-state index in [0.717, 1.165) is 0 Å². The number of amides is 1. The van der Waals surface area contributed by atoms with E-state index in [1.807, 2.05) is 6.92 Å². The summed E-state index contributed by atoms with van der Waals surface area (Å²) in [4.78, 5) is 12.9. The fourth-order valence-electron chi connectivity index (χ4n) is 0.658. The van der Waals surface area contributed by atoms with Crippen molar-refractivity contribution in [3.8, 4) is 0 Å². The van der Waals surface area contributed by atoms with Gasteiger partial charge in [0.15, 0.2) is 0 Å². The highest BCUT2D eigenvalue weighted by Crippen LogP contribution is 1.96. The van der Waals surface area contributed by atoms with Gasteiger partial charge in [-0.25, -0.2) is 0 Å². The first-order chi connectivity index (χ1) is 6.02. The van der Waals surface area contributed by atoms with Crippen molar-refractivity contribution in [3.63, 3.8) is 0 Å². The van der Waals surface area contributed by atoms with Gasteiger partial charge in [0.05, 0.1) is 0 Å². The van der Waals surface area contributed by atoms with Gasteiger partial charge in [-0.2, -0.15) is 0 Å². The average Bonchev–Trinajstić information content (AvgIpc) is 2.14. The summed E-state index contributed by atoms with van der Waals surface area (Å²) in [6.45, 7) is 4.67. The van der Waals surface area contributed by atoms with Gasteiger partial charge in [-0.15, -0.1) is 0 Å². The van der Waals surface area contributed by atoms with E-state index in [1.165, 1.54) is 0 Å². The number of carbonyl (C=O) groups excluding carboxylic acids is 1. The minimum Gasteiger partial charge on any atom is -0.345 e. The molecule has 0 fully saturated rings. The standard InChI is InChI=1S/C8H18N2O2S/c1-4-10(3)8(11)6-13(12)7(2)5-9/h7H,4-6,9H2,1-3H3. The predicted molar refractivity (Wildman–Crippen MR) is 54.8 cm³/mol. The van der Waals surface area contributed by atoms with Gasteiger partial charge in [0.1, 0.15) is 5.75 Å². The molecule has 4 nitrogen and oxygen atoms in total. The zero-order valence-corrected chi connectivity index (χ0v) is 9.26. The summed E-state index contributed by atoms with van der Waals surface area (Å²) < 4.78 is 11.4. The minimum absolute atomic E-state index is 0.0823. The molecular formula is C8H18N2O2S. The van der Waals surface area contributed by atoms with E-state index >= 15 is 0 Å². The van der Waals surface area contributed by atoms with Gasteiger partial charge >= 0.3 is 0 Å². The fraction of sp³-hybridized carbons (Fsp3) is 0.875. The van der Waals surface area contributed by atoms with Crippen LogP contribution in [0.5, 0.6) is 0 Å². The maximum Gasteiger partial charge on any atom is 0.234 e. The molecule has 0 saturated carbocycles. The van der Waals surface area contributed by atoms with E-state index in [0.29, 0.717) is 13.1 Å². The SMILES string of the molecule is CCN(C)C(=O)CS(=O)C(C)CN. The van der Waals surface area contributed by atoms with Crippen LogP contribution in [0.2, 0.25) is 0 Å². The molecule has 0 rings (SSSR count). The minimum atomic E-state index is -1.13. The molecule has 0 heterocycles. The number of nitrogens with two attached hydrogens (primary N) is 1. The summed E-state index contributed by atoms with van der Waals surface area (Å²) in [5, 5.41) is -0.103. The largest absolute Gasteiger partial charge is 0.345 e. The highest BCUT2D eigenvalue weighted by molar-refractivity contribution is 7.86. The van der Waals surface area contributed by atoms with Crippen molar-refractivity contribution in [2.24, 2.45) is 5.73 Å². The van der Waals surface area contributed by atoms with Crippen molar-refractivity contribution >= 4 is 16.7 Å². The third-order valence-corrected chi connectivity index (χ3v) is 3.57. The number of hydrogen-bond acceptors (Lipinski definition) is 3. The van der Waals surface area contributed by atoms with Crippen molar-refractivity contribution in [3.05, 3.63) is 0 Å². The Hall–Kier alpha value is -0.420. The van der Waals surface area contributed by atoms with Crippen LogP contribution in [0.25, 0.3) is 0 Å². The first-order valence-electron chi connectivity index (χ1n) is 4.34. The van der Waals surface area contributed by atoms with E-state index < -0.39 is 10.8 Å². The van der Waals surface area contributed by atoms with Crippen molar-refractivity contribution in [2.75, 3.05) is 25.9 Å². The lowest BCUT2D eigenvalue weighted by Crippen LogP contribution is -2.34. The van der Waals surface area contributed by atoms with Crippen LogP contribution < -0.4 is 5.73 Å². The van der Waals surface area contributed by atoms with Crippen molar-refractivity contribution in [1.82, 2.24) is 4.90 Å². The summed E-state index contributed by atoms with van der Waals surface area (Å²) in [6.07, 6.45) is 0. The molecule has 0 aromatic heterocycles. The highest BCUT2D eigenvalue weighted by atomic mass is 32.2. The quantitative estimate of drug-likeness (QED) is 0.663. The van der Waals surface area contributed by atoms with Crippen LogP contribution >= 0.6 is 0 Å². The van der Waals surface area contributed by atoms with Crippen molar-refractivity contribution in [2.45, 2.75) is 19.1 Å². The zero-order valence-electron chi connectivity index (χ0n) is 8.45. The van der Waals surface area contributed by atoms with Gasteiger partial charge < -0.3 is 10.6 Å². The normalized spacial score (nSPS) is 15.1. The lowest BCUT2D eigenvalue weighted by Gasteiger charge is -2.15. The third-order valence-electron chi connectivity index (χ3n) is 1.95. The Kier molecular flexibility index (Phi) is 5.90. The second-order valence-corrected chi connectivity index (χ2v) is 4.83. The molecule has 78 valence electrons. The number of nitrogens with zero attached hydrogens (tertiary/aromatic N) is 1. The number of rotatable bonds is 5. The Morgan fingerprint density at radius 1 is 1.62 bits per heavy atom. The van der Waals surface area contributed by atoms with Crippen LogP contribution in [0.1, 0.15) is 13.8 Å². The lowest BCUT2D eigenvalue weighted by atomic mass is 10.5. The summed E-state index contributed by atoms with van der Waals surface area (Å²) in [6, 6.07) is 0. The van der Waals surface area contributed by atoms with Crippen LogP contribution in [0.4, 0.5) is 0 Å². The molecule has 2 N–H and O–H groups in total. The molecule has 0 aliphatic rings. The molecule has 0 aliphatic heterocycles. The Morgan fingerprint density at radius 2 is 2.15 bits per heavy atom. The molecule has 0 spiro atoms. The summed E-state index contributed by atoms with van der Waals surface area (Å²) in [5.41, 5.74) is 5.34. The molecule has 0 aliphatic carbocycles. The molecule has 2 unspecified atom stereocenters. The van der Waals surface area contributed by atoms with Crippen LogP contribution in [0, 0.1) is 0 Å². The maximum absolute atomic E-state index is 11.4. The first kappa shape index (κ1) is 12.6. The van der Waals surface area contributed by atoms with Gasteiger partial charge in [-0.3, -0.25) is 9.00 Å². The maximum atomic E-state index is 11.4. The van der Waals surface area contributed by atoms with Crippen LogP contribution in [0.15, 0.2) is 0 Å². The van der Waals surface area contributed by atoms with Crippen LogP contribution in [-0.4, -0.2) is 46.2 Å². The Balaban J connectivity index is 3.99. The van der Waals surface area contributed by atoms with E-state index in [2.05, 4.69) is 0 Å². The summed E-state index contributed by atoms with van der Waals surface area (Å²) in [5.74, 6) is 0.00373. The van der Waals surface area contributed by atoms with Gasteiger partial charge in [0.2, 0.25) is 5.91 Å². The summed E-state index contributed by atoms with van der Waals surface area (Å²) in [7, 11) is 0.568. The third kappa shape index (κ3) is 4.38. The smallest absolute Gasteiger partial charge is 0.234 e. The monoisotopic (exact) mass is 206 g/mol. The molecule has 2 atom stereocenters. The summed E-state index contributed by atoms with van der Waals surface area (Å²) >= 11 is 0. The molecule has 0 aromatic carbocycles. The van der Waals surface area contributed by atoms with Gasteiger partial charge in [-0.1, -0.05) is 0 Å². The Labute approximate surface area is 81.9 Å². The molecule has 0 radical (unpaired) electrons. The van der Waals surface area contributed by atoms with E-state index in [9.17, 15) is 9.00 Å². The van der Waals surface area contributed by atoms with E-state index in [4.69, 9.17) is 5.73 Å². The molecule has 0 bridgehead atoms. The van der Waals surface area contributed by atoms with Crippen LogP contribution in [0.3, 0.4) is 0 Å². The van der Waals surface area contributed by atoms with Gasteiger partial charge in [0, 0.05) is 36.2 Å². The van der Waals surface area contributed by atoms with Gasteiger partial charge in [0.25, 0.3) is 0 Å². The van der Waals surface area contributed by atoms with Crippen molar-refractivity contribution < 1.29 is 9.00 Å². The Morgan fingerprint density at radius 3 is 2.54 bits per heavy atom. The topological polar surface area (TPSA) is 63.4 Å². The number of carbonyl (C=O) groups is 1. The molecule has 13 heavy (non-hydrogen) atoms. The Bertz CT molecular complexity index is 177. The van der Waals surface area contributed by atoms with Gasteiger partial charge in [-0.05, 0) is 13.8 Å². The molecule has 5 heteroatoms. The average molecular weight is 206 g/mol.